The number of benzene rings is 2. The first-order valence-corrected chi connectivity index (χ1v) is 11.2. The average molecular weight is 451 g/mol. The first-order chi connectivity index (χ1) is 15.7. The molecule has 0 saturated carbocycles. The number of hydrogen-bond donors (Lipinski definition) is 0. The number of aldehydes is 1. The van der Waals surface area contributed by atoms with Crippen molar-refractivity contribution in [2.45, 2.75) is 59.7 Å². The molecule has 0 saturated heterocycles. The van der Waals surface area contributed by atoms with Gasteiger partial charge in [0.05, 0.1) is 11.3 Å². The minimum Gasteiger partial charge on any atom is -0.462 e. The maximum Gasteiger partial charge on any atom is 0.256 e. The Morgan fingerprint density at radius 2 is 1.76 bits per heavy atom. The molecule has 0 aromatic heterocycles. The van der Waals surface area contributed by atoms with Crippen LogP contribution in [-0.4, -0.2) is 25.0 Å². The van der Waals surface area contributed by atoms with E-state index in [4.69, 9.17) is 14.2 Å². The highest BCUT2D eigenvalue weighted by Crippen LogP contribution is 2.29. The van der Waals surface area contributed by atoms with Gasteiger partial charge in [0.1, 0.15) is 11.5 Å². The van der Waals surface area contributed by atoms with Gasteiger partial charge in [0.25, 0.3) is 6.29 Å². The maximum absolute atomic E-state index is 13.0. The van der Waals surface area contributed by atoms with Crippen molar-refractivity contribution in [2.75, 3.05) is 6.61 Å². The molecule has 0 N–H and O–H groups in total. The second-order valence-electron chi connectivity index (χ2n) is 8.52. The normalized spacial score (nSPS) is 13.1. The van der Waals surface area contributed by atoms with Crippen LogP contribution in [0.2, 0.25) is 0 Å². The van der Waals surface area contributed by atoms with Gasteiger partial charge in [-0.15, -0.1) is 0 Å². The van der Waals surface area contributed by atoms with Gasteiger partial charge in [-0.1, -0.05) is 58.0 Å². The summed E-state index contributed by atoms with van der Waals surface area (Å²) in [6.07, 6.45) is 5.30. The Morgan fingerprint density at radius 3 is 2.30 bits per heavy atom. The summed E-state index contributed by atoms with van der Waals surface area (Å²) in [4.78, 5) is 24.3. The molecule has 0 amide bonds. The number of hydrogen-bond acceptors (Lipinski definition) is 5. The number of allylic oxidation sites excluding steroid dienone is 3. The van der Waals surface area contributed by atoms with E-state index in [2.05, 4.69) is 32.9 Å². The molecule has 2 aromatic rings. The Hall–Kier alpha value is -3.18. The summed E-state index contributed by atoms with van der Waals surface area (Å²) in [7, 11) is 0. The van der Waals surface area contributed by atoms with E-state index in [1.807, 2.05) is 32.1 Å². The van der Waals surface area contributed by atoms with Gasteiger partial charge in [0, 0.05) is 19.1 Å². The number of ketones is 1. The van der Waals surface area contributed by atoms with Crippen molar-refractivity contribution >= 4 is 18.1 Å². The summed E-state index contributed by atoms with van der Waals surface area (Å²) < 4.78 is 16.8. The van der Waals surface area contributed by atoms with Gasteiger partial charge >= 0.3 is 0 Å². The quantitative estimate of drug-likeness (QED) is 0.128. The fourth-order valence-corrected chi connectivity index (χ4v) is 3.10. The monoisotopic (exact) mass is 450 g/mol. The zero-order chi connectivity index (χ0) is 24.4. The van der Waals surface area contributed by atoms with Crippen LogP contribution in [0.3, 0.4) is 0 Å². The molecule has 0 bridgehead atoms. The minimum atomic E-state index is -1.11. The summed E-state index contributed by atoms with van der Waals surface area (Å²) in [5.74, 6) is 1.27. The molecule has 0 fully saturated rings. The maximum atomic E-state index is 13.0. The van der Waals surface area contributed by atoms with Crippen LogP contribution in [0.25, 0.3) is 6.08 Å². The van der Waals surface area contributed by atoms with Crippen LogP contribution in [0.1, 0.15) is 69.4 Å². The highest BCUT2D eigenvalue weighted by Gasteiger charge is 2.17. The van der Waals surface area contributed by atoms with E-state index in [-0.39, 0.29) is 16.9 Å². The van der Waals surface area contributed by atoms with Crippen LogP contribution in [-0.2, 0) is 14.9 Å². The summed E-state index contributed by atoms with van der Waals surface area (Å²) in [5, 5.41) is 0. The highest BCUT2D eigenvalue weighted by molar-refractivity contribution is 6.08. The van der Waals surface area contributed by atoms with E-state index < -0.39 is 6.29 Å². The predicted molar refractivity (Wildman–Crippen MR) is 132 cm³/mol. The van der Waals surface area contributed by atoms with Gasteiger partial charge < -0.3 is 14.2 Å². The van der Waals surface area contributed by atoms with Crippen molar-refractivity contribution in [3.8, 4) is 11.5 Å². The molecule has 176 valence electrons. The molecule has 2 aromatic carbocycles. The first-order valence-electron chi connectivity index (χ1n) is 11.2. The van der Waals surface area contributed by atoms with Gasteiger partial charge in [-0.25, -0.2) is 0 Å². The molecule has 0 spiro atoms. The topological polar surface area (TPSA) is 61.8 Å². The van der Waals surface area contributed by atoms with Crippen molar-refractivity contribution in [3.63, 3.8) is 0 Å². The van der Waals surface area contributed by atoms with Crippen molar-refractivity contribution in [1.82, 2.24) is 0 Å². The van der Waals surface area contributed by atoms with Crippen LogP contribution in [0.15, 0.2) is 60.4 Å². The third-order valence-electron chi connectivity index (χ3n) is 5.03. The lowest BCUT2D eigenvalue weighted by Crippen LogP contribution is -2.23. The Morgan fingerprint density at radius 1 is 1.06 bits per heavy atom. The van der Waals surface area contributed by atoms with Crippen LogP contribution in [0.4, 0.5) is 0 Å². The second-order valence-corrected chi connectivity index (χ2v) is 8.52. The largest absolute Gasteiger partial charge is 0.462 e. The lowest BCUT2D eigenvalue weighted by Gasteiger charge is -2.18. The van der Waals surface area contributed by atoms with E-state index in [1.54, 1.807) is 31.2 Å². The summed E-state index contributed by atoms with van der Waals surface area (Å²) in [5.41, 5.74) is 2.52. The van der Waals surface area contributed by atoms with Gasteiger partial charge in [0.15, 0.2) is 12.1 Å². The summed E-state index contributed by atoms with van der Waals surface area (Å²) in [6.45, 7) is 12.4. The van der Waals surface area contributed by atoms with Crippen molar-refractivity contribution in [1.29, 1.82) is 0 Å². The first kappa shape index (κ1) is 26.1. The molecule has 0 aliphatic rings. The zero-order valence-electron chi connectivity index (χ0n) is 20.4. The Labute approximate surface area is 197 Å². The lowest BCUT2D eigenvalue weighted by molar-refractivity contribution is -0.136. The SMILES string of the molecule is CC=C(CC)Oc1ccc(C(=O)C=Cc2ccc(C(C)(C)C)cc2)c(OC(C=O)OCC)c1. The highest BCUT2D eigenvalue weighted by atomic mass is 16.7. The Kier molecular flexibility index (Phi) is 9.61. The number of carbonyl (C=O) groups excluding carboxylic acids is 2. The zero-order valence-corrected chi connectivity index (χ0v) is 20.4. The third kappa shape index (κ3) is 7.72. The summed E-state index contributed by atoms with van der Waals surface area (Å²) in [6, 6.07) is 13.0. The van der Waals surface area contributed by atoms with E-state index in [1.165, 1.54) is 11.6 Å². The van der Waals surface area contributed by atoms with Gasteiger partial charge in [-0.05, 0) is 54.7 Å². The minimum absolute atomic E-state index is 0.0639. The third-order valence-corrected chi connectivity index (χ3v) is 5.03. The standard InChI is InChI=1S/C28H34O5/c1-7-22(8-2)32-23-15-16-24(26(18-23)33-27(19-29)31-9-3)25(30)17-12-20-10-13-21(14-11-20)28(4,5)6/h7,10-19,27H,8-9H2,1-6H3. The van der Waals surface area contributed by atoms with E-state index in [0.717, 1.165) is 17.7 Å². The van der Waals surface area contributed by atoms with Crippen molar-refractivity contribution in [3.05, 3.63) is 77.1 Å². The van der Waals surface area contributed by atoms with Crippen LogP contribution < -0.4 is 9.47 Å². The molecular weight excluding hydrogens is 416 g/mol. The molecule has 1 unspecified atom stereocenters. The molecule has 33 heavy (non-hydrogen) atoms. The molecule has 5 nitrogen and oxygen atoms in total. The predicted octanol–water partition coefficient (Wildman–Crippen LogP) is 6.51. The molecule has 2 rings (SSSR count). The Balaban J connectivity index is 2.32. The molecule has 0 aliphatic carbocycles. The smallest absolute Gasteiger partial charge is 0.256 e. The van der Waals surface area contributed by atoms with Gasteiger partial charge in [0.2, 0.25) is 0 Å². The number of rotatable bonds is 11. The fraction of sp³-hybridized carbons (Fsp3) is 0.357. The Bertz CT molecular complexity index is 994. The van der Waals surface area contributed by atoms with Gasteiger partial charge in [-0.2, -0.15) is 0 Å². The van der Waals surface area contributed by atoms with E-state index in [9.17, 15) is 9.59 Å². The number of carbonyl (C=O) groups is 2. The fourth-order valence-electron chi connectivity index (χ4n) is 3.10. The van der Waals surface area contributed by atoms with Crippen LogP contribution >= 0.6 is 0 Å². The molecule has 1 atom stereocenters. The van der Waals surface area contributed by atoms with Crippen LogP contribution in [0, 0.1) is 0 Å². The second kappa shape index (κ2) is 12.2. The van der Waals surface area contributed by atoms with E-state index >= 15 is 0 Å². The van der Waals surface area contributed by atoms with E-state index in [0.29, 0.717) is 24.2 Å². The molecule has 0 radical (unpaired) electrons. The van der Waals surface area contributed by atoms with Crippen molar-refractivity contribution in [2.24, 2.45) is 0 Å². The molecule has 0 aliphatic heterocycles. The van der Waals surface area contributed by atoms with Gasteiger partial charge in [-0.3, -0.25) is 9.59 Å². The van der Waals surface area contributed by atoms with Crippen molar-refractivity contribution < 1.29 is 23.8 Å². The van der Waals surface area contributed by atoms with Crippen LogP contribution in [0.5, 0.6) is 11.5 Å². The molecular formula is C28H34O5. The lowest BCUT2D eigenvalue weighted by atomic mass is 9.87. The number of ether oxygens (including phenoxy) is 3. The molecule has 5 heteroatoms. The summed E-state index contributed by atoms with van der Waals surface area (Å²) >= 11 is 0. The molecule has 0 heterocycles. The average Bonchev–Trinajstić information content (AvgIpc) is 2.80.